The Bertz CT molecular complexity index is 697. The van der Waals surface area contributed by atoms with Gasteiger partial charge in [0.2, 0.25) is 0 Å². The Kier molecular flexibility index (Phi) is 6.15. The van der Waals surface area contributed by atoms with Crippen LogP contribution in [0.25, 0.3) is 0 Å². The van der Waals surface area contributed by atoms with Crippen molar-refractivity contribution in [3.05, 3.63) is 62.3 Å². The molecule has 0 unspecified atom stereocenters. The number of aliphatic hydroxyl groups is 1. The van der Waals surface area contributed by atoms with E-state index in [-0.39, 0.29) is 17.3 Å². The standard InChI is InChI=1S/C15H15Cl2N3O3/c16-12-4-1-3-11(7-12)10-19(5-2-6-21)15-14(17)8-13(9-18-15)20(22)23/h1,3-4,7-9,21H,2,5-6,10H2. The highest BCUT2D eigenvalue weighted by Crippen LogP contribution is 2.28. The van der Waals surface area contributed by atoms with Crippen LogP contribution in [0.5, 0.6) is 0 Å². The van der Waals surface area contributed by atoms with Gasteiger partial charge in [-0.15, -0.1) is 0 Å². The number of nitro groups is 1. The van der Waals surface area contributed by atoms with Gasteiger partial charge in [-0.3, -0.25) is 10.1 Å². The van der Waals surface area contributed by atoms with Gasteiger partial charge in [0.15, 0.2) is 0 Å². The van der Waals surface area contributed by atoms with Crippen LogP contribution in [0.4, 0.5) is 11.5 Å². The molecule has 0 saturated heterocycles. The van der Waals surface area contributed by atoms with Crippen LogP contribution in [0.3, 0.4) is 0 Å². The summed E-state index contributed by atoms with van der Waals surface area (Å²) in [6, 6.07) is 8.63. The van der Waals surface area contributed by atoms with Gasteiger partial charge < -0.3 is 10.0 Å². The summed E-state index contributed by atoms with van der Waals surface area (Å²) in [7, 11) is 0. The van der Waals surface area contributed by atoms with Crippen molar-refractivity contribution in [3.8, 4) is 0 Å². The summed E-state index contributed by atoms with van der Waals surface area (Å²) < 4.78 is 0. The van der Waals surface area contributed by atoms with E-state index in [9.17, 15) is 10.1 Å². The van der Waals surface area contributed by atoms with E-state index in [0.29, 0.717) is 30.4 Å². The van der Waals surface area contributed by atoms with Gasteiger partial charge in [-0.1, -0.05) is 35.3 Å². The van der Waals surface area contributed by atoms with E-state index in [1.54, 1.807) is 6.07 Å². The lowest BCUT2D eigenvalue weighted by atomic mass is 10.2. The Morgan fingerprint density at radius 2 is 2.09 bits per heavy atom. The van der Waals surface area contributed by atoms with Gasteiger partial charge in [-0.05, 0) is 24.1 Å². The van der Waals surface area contributed by atoms with Gasteiger partial charge in [0, 0.05) is 30.8 Å². The fourth-order valence-electron chi connectivity index (χ4n) is 2.13. The average molecular weight is 356 g/mol. The first kappa shape index (κ1) is 17.5. The van der Waals surface area contributed by atoms with Crippen LogP contribution in [-0.2, 0) is 6.54 Å². The molecule has 0 bridgehead atoms. The van der Waals surface area contributed by atoms with E-state index < -0.39 is 4.92 Å². The predicted octanol–water partition coefficient (Wildman–Crippen LogP) is 3.69. The van der Waals surface area contributed by atoms with Crippen LogP contribution in [0.1, 0.15) is 12.0 Å². The number of anilines is 1. The fourth-order valence-corrected chi connectivity index (χ4v) is 2.62. The first-order valence-corrected chi connectivity index (χ1v) is 7.67. The van der Waals surface area contributed by atoms with Crippen molar-refractivity contribution in [2.45, 2.75) is 13.0 Å². The smallest absolute Gasteiger partial charge is 0.289 e. The Balaban J connectivity index is 2.29. The van der Waals surface area contributed by atoms with Gasteiger partial charge in [-0.25, -0.2) is 4.98 Å². The molecule has 0 radical (unpaired) electrons. The first-order chi connectivity index (χ1) is 11.0. The highest BCUT2D eigenvalue weighted by molar-refractivity contribution is 6.33. The highest BCUT2D eigenvalue weighted by Gasteiger charge is 2.16. The lowest BCUT2D eigenvalue weighted by Gasteiger charge is -2.24. The van der Waals surface area contributed by atoms with Crippen molar-refractivity contribution >= 4 is 34.7 Å². The largest absolute Gasteiger partial charge is 0.396 e. The Labute approximate surface area is 143 Å². The molecule has 122 valence electrons. The number of halogens is 2. The van der Waals surface area contributed by atoms with E-state index in [1.807, 2.05) is 23.1 Å². The normalized spacial score (nSPS) is 10.6. The maximum atomic E-state index is 10.8. The maximum absolute atomic E-state index is 10.8. The second kappa shape index (κ2) is 8.10. The minimum absolute atomic E-state index is 0.0245. The van der Waals surface area contributed by atoms with Gasteiger partial charge in [0.25, 0.3) is 5.69 Å². The third kappa shape index (κ3) is 4.79. The third-order valence-electron chi connectivity index (χ3n) is 3.17. The molecular formula is C15H15Cl2N3O3. The summed E-state index contributed by atoms with van der Waals surface area (Å²) in [4.78, 5) is 16.2. The molecule has 2 aromatic rings. The van der Waals surface area contributed by atoms with Gasteiger partial charge >= 0.3 is 0 Å². The lowest BCUT2D eigenvalue weighted by molar-refractivity contribution is -0.385. The topological polar surface area (TPSA) is 79.5 Å². The molecule has 0 saturated carbocycles. The van der Waals surface area contributed by atoms with E-state index in [1.165, 1.54) is 12.3 Å². The molecule has 0 aliphatic carbocycles. The molecular weight excluding hydrogens is 341 g/mol. The van der Waals surface area contributed by atoms with Crippen LogP contribution >= 0.6 is 23.2 Å². The molecule has 1 N–H and O–H groups in total. The lowest BCUT2D eigenvalue weighted by Crippen LogP contribution is -2.26. The number of rotatable bonds is 7. The van der Waals surface area contributed by atoms with Crippen LogP contribution in [-0.4, -0.2) is 28.2 Å². The molecule has 1 aromatic heterocycles. The number of aromatic nitrogens is 1. The van der Waals surface area contributed by atoms with Crippen molar-refractivity contribution in [2.24, 2.45) is 0 Å². The summed E-state index contributed by atoms with van der Waals surface area (Å²) in [5.74, 6) is 0.436. The van der Waals surface area contributed by atoms with Crippen molar-refractivity contribution in [1.29, 1.82) is 0 Å². The summed E-state index contributed by atoms with van der Waals surface area (Å²) in [6.45, 7) is 1.01. The molecule has 1 heterocycles. The minimum Gasteiger partial charge on any atom is -0.396 e. The van der Waals surface area contributed by atoms with Crippen molar-refractivity contribution in [1.82, 2.24) is 4.98 Å². The van der Waals surface area contributed by atoms with Crippen molar-refractivity contribution < 1.29 is 10.0 Å². The molecule has 1 aromatic carbocycles. The van der Waals surface area contributed by atoms with Crippen LogP contribution < -0.4 is 4.90 Å². The second-order valence-electron chi connectivity index (χ2n) is 4.88. The van der Waals surface area contributed by atoms with E-state index >= 15 is 0 Å². The molecule has 0 fully saturated rings. The number of benzene rings is 1. The van der Waals surface area contributed by atoms with Crippen molar-refractivity contribution in [2.75, 3.05) is 18.1 Å². The zero-order chi connectivity index (χ0) is 16.8. The quantitative estimate of drug-likeness (QED) is 0.605. The zero-order valence-corrected chi connectivity index (χ0v) is 13.7. The van der Waals surface area contributed by atoms with E-state index in [0.717, 1.165) is 5.56 Å². The molecule has 0 amide bonds. The summed E-state index contributed by atoms with van der Waals surface area (Å²) in [6.07, 6.45) is 1.70. The number of pyridine rings is 1. The Hall–Kier alpha value is -1.89. The maximum Gasteiger partial charge on any atom is 0.289 e. The molecule has 2 rings (SSSR count). The molecule has 23 heavy (non-hydrogen) atoms. The van der Waals surface area contributed by atoms with Gasteiger partial charge in [0.1, 0.15) is 12.0 Å². The summed E-state index contributed by atoms with van der Waals surface area (Å²) >= 11 is 12.1. The molecule has 0 atom stereocenters. The predicted molar refractivity (Wildman–Crippen MR) is 90.1 cm³/mol. The van der Waals surface area contributed by atoms with Crippen LogP contribution in [0.2, 0.25) is 10.0 Å². The van der Waals surface area contributed by atoms with Gasteiger partial charge in [-0.2, -0.15) is 0 Å². The number of nitrogens with zero attached hydrogens (tertiary/aromatic N) is 3. The second-order valence-corrected chi connectivity index (χ2v) is 5.73. The number of hydrogen-bond donors (Lipinski definition) is 1. The zero-order valence-electron chi connectivity index (χ0n) is 12.2. The SMILES string of the molecule is O=[N+]([O-])c1cnc(N(CCCO)Cc2cccc(Cl)c2)c(Cl)c1. The third-order valence-corrected chi connectivity index (χ3v) is 3.68. The fraction of sp³-hybridized carbons (Fsp3) is 0.267. The van der Waals surface area contributed by atoms with E-state index in [2.05, 4.69) is 4.98 Å². The molecule has 0 aliphatic heterocycles. The summed E-state index contributed by atoms with van der Waals surface area (Å²) in [5.41, 5.74) is 0.787. The number of hydrogen-bond acceptors (Lipinski definition) is 5. The molecule has 0 spiro atoms. The average Bonchev–Trinajstić information content (AvgIpc) is 2.51. The van der Waals surface area contributed by atoms with Crippen LogP contribution in [0, 0.1) is 10.1 Å². The Morgan fingerprint density at radius 3 is 2.70 bits per heavy atom. The van der Waals surface area contributed by atoms with E-state index in [4.69, 9.17) is 28.3 Å². The van der Waals surface area contributed by atoms with Gasteiger partial charge in [0.05, 0.1) is 9.95 Å². The molecule has 8 heteroatoms. The number of aliphatic hydroxyl groups excluding tert-OH is 1. The summed E-state index contributed by atoms with van der Waals surface area (Å²) in [5, 5.41) is 20.7. The monoisotopic (exact) mass is 355 g/mol. The minimum atomic E-state index is -0.544. The molecule has 0 aliphatic rings. The first-order valence-electron chi connectivity index (χ1n) is 6.91. The highest BCUT2D eigenvalue weighted by atomic mass is 35.5. The van der Waals surface area contributed by atoms with Crippen molar-refractivity contribution in [3.63, 3.8) is 0 Å². The Morgan fingerprint density at radius 1 is 1.30 bits per heavy atom. The molecule has 6 nitrogen and oxygen atoms in total. The van der Waals surface area contributed by atoms with Crippen LogP contribution in [0.15, 0.2) is 36.5 Å².